The average Bonchev–Trinajstić information content (AvgIpc) is 2.88. The summed E-state index contributed by atoms with van der Waals surface area (Å²) in [5.74, 6) is 0.612. The molecule has 0 aliphatic rings. The van der Waals surface area contributed by atoms with Crippen LogP contribution in [-0.4, -0.2) is 22.4 Å². The molecule has 2 aromatic rings. The Hall–Kier alpha value is -2.48. The van der Waals surface area contributed by atoms with Crippen LogP contribution >= 0.6 is 11.3 Å². The predicted molar refractivity (Wildman–Crippen MR) is 96.3 cm³/mol. The van der Waals surface area contributed by atoms with Crippen molar-refractivity contribution in [1.29, 1.82) is 0 Å². The van der Waals surface area contributed by atoms with Gasteiger partial charge in [-0.05, 0) is 20.8 Å². The number of rotatable bonds is 6. The molecule has 0 aliphatic carbocycles. The van der Waals surface area contributed by atoms with Crippen molar-refractivity contribution >= 4 is 23.0 Å². The summed E-state index contributed by atoms with van der Waals surface area (Å²) >= 11 is 1.65. The van der Waals surface area contributed by atoms with E-state index < -0.39 is 0 Å². The van der Waals surface area contributed by atoms with Gasteiger partial charge in [-0.15, -0.1) is 11.3 Å². The van der Waals surface area contributed by atoms with E-state index in [0.717, 1.165) is 10.7 Å². The number of benzene rings is 1. The van der Waals surface area contributed by atoms with E-state index >= 15 is 0 Å². The smallest absolute Gasteiger partial charge is 0.274 e. The first-order valence-corrected chi connectivity index (χ1v) is 8.50. The van der Waals surface area contributed by atoms with Crippen molar-refractivity contribution < 1.29 is 4.92 Å². The molecule has 0 aliphatic heterocycles. The van der Waals surface area contributed by atoms with Crippen molar-refractivity contribution in [3.8, 4) is 0 Å². The summed E-state index contributed by atoms with van der Waals surface area (Å²) in [5, 5.41) is 18.4. The van der Waals surface area contributed by atoms with Crippen LogP contribution in [0.15, 0.2) is 29.3 Å². The van der Waals surface area contributed by atoms with Gasteiger partial charge in [-0.25, -0.2) is 9.98 Å². The lowest BCUT2D eigenvalue weighted by atomic mass is 10.2. The molecule has 1 heterocycles. The van der Waals surface area contributed by atoms with Gasteiger partial charge in [0, 0.05) is 17.5 Å². The van der Waals surface area contributed by atoms with E-state index in [-0.39, 0.29) is 17.2 Å². The molecule has 0 fully saturated rings. The minimum absolute atomic E-state index is 0.0864. The van der Waals surface area contributed by atoms with Crippen LogP contribution in [0.2, 0.25) is 0 Å². The number of nitro benzene ring substituents is 1. The predicted octanol–water partition coefficient (Wildman–Crippen LogP) is 2.92. The monoisotopic (exact) mass is 347 g/mol. The maximum Gasteiger partial charge on any atom is 0.274 e. The lowest BCUT2D eigenvalue weighted by Gasteiger charge is -2.10. The van der Waals surface area contributed by atoms with Gasteiger partial charge < -0.3 is 10.6 Å². The molecule has 1 aromatic carbocycles. The SMILES string of the molecule is CCNC(=NCc1ccccc1[N+](=O)[O-])NCc1nc(C)c(C)s1. The number of nitro groups is 1. The summed E-state index contributed by atoms with van der Waals surface area (Å²) in [7, 11) is 0. The third-order valence-corrected chi connectivity index (χ3v) is 4.49. The van der Waals surface area contributed by atoms with Gasteiger partial charge in [0.1, 0.15) is 5.01 Å². The number of nitrogens with zero attached hydrogens (tertiary/aromatic N) is 3. The molecular weight excluding hydrogens is 326 g/mol. The molecule has 0 atom stereocenters. The maximum atomic E-state index is 11.1. The Balaban J connectivity index is 2.06. The fourth-order valence-corrected chi connectivity index (χ4v) is 2.98. The number of hydrogen-bond acceptors (Lipinski definition) is 5. The number of guanidine groups is 1. The highest BCUT2D eigenvalue weighted by molar-refractivity contribution is 7.11. The first-order valence-electron chi connectivity index (χ1n) is 7.68. The Morgan fingerprint density at radius 3 is 2.71 bits per heavy atom. The van der Waals surface area contributed by atoms with E-state index in [1.54, 1.807) is 29.5 Å². The summed E-state index contributed by atoms with van der Waals surface area (Å²) in [6.07, 6.45) is 0. The number of aliphatic imine (C=N–C) groups is 1. The van der Waals surface area contributed by atoms with Crippen LogP contribution in [0.4, 0.5) is 5.69 Å². The Labute approximate surface area is 145 Å². The van der Waals surface area contributed by atoms with E-state index in [0.29, 0.717) is 24.6 Å². The van der Waals surface area contributed by atoms with Gasteiger partial charge in [0.2, 0.25) is 0 Å². The first kappa shape index (κ1) is 17.9. The molecule has 2 N–H and O–H groups in total. The lowest BCUT2D eigenvalue weighted by molar-refractivity contribution is -0.385. The van der Waals surface area contributed by atoms with Crippen molar-refractivity contribution in [3.05, 3.63) is 55.5 Å². The van der Waals surface area contributed by atoms with Crippen LogP contribution in [0.1, 0.15) is 28.1 Å². The van der Waals surface area contributed by atoms with Gasteiger partial charge in [-0.2, -0.15) is 0 Å². The van der Waals surface area contributed by atoms with Gasteiger partial charge >= 0.3 is 0 Å². The van der Waals surface area contributed by atoms with E-state index in [9.17, 15) is 10.1 Å². The van der Waals surface area contributed by atoms with Gasteiger partial charge in [0.25, 0.3) is 5.69 Å². The fourth-order valence-electron chi connectivity index (χ4n) is 2.10. The van der Waals surface area contributed by atoms with E-state index in [4.69, 9.17) is 0 Å². The molecule has 0 saturated heterocycles. The second kappa shape index (κ2) is 8.39. The van der Waals surface area contributed by atoms with Gasteiger partial charge in [0.15, 0.2) is 5.96 Å². The summed E-state index contributed by atoms with van der Waals surface area (Å²) in [4.78, 5) is 20.8. The second-order valence-electron chi connectivity index (χ2n) is 5.18. The number of para-hydroxylation sites is 1. The van der Waals surface area contributed by atoms with E-state index in [1.165, 1.54) is 10.9 Å². The van der Waals surface area contributed by atoms with Gasteiger partial charge in [0.05, 0.1) is 29.3 Å². The number of thiazole rings is 1. The third-order valence-electron chi connectivity index (χ3n) is 3.42. The Kier molecular flexibility index (Phi) is 6.25. The van der Waals surface area contributed by atoms with Crippen molar-refractivity contribution in [3.63, 3.8) is 0 Å². The molecule has 0 spiro atoms. The molecular formula is C16H21N5O2S. The number of aromatic nitrogens is 1. The minimum atomic E-state index is -0.383. The van der Waals surface area contributed by atoms with Crippen LogP contribution in [0.25, 0.3) is 0 Å². The van der Waals surface area contributed by atoms with E-state index in [1.807, 2.05) is 20.8 Å². The zero-order valence-corrected chi connectivity index (χ0v) is 14.8. The topological polar surface area (TPSA) is 92.5 Å². The molecule has 7 nitrogen and oxygen atoms in total. The number of nitrogens with one attached hydrogen (secondary N) is 2. The standard InChI is InChI=1S/C16H21N5O2S/c1-4-17-16(19-10-15-20-11(2)12(3)24-15)18-9-13-7-5-6-8-14(13)21(22)23/h5-8H,4,9-10H2,1-3H3,(H2,17,18,19). The first-order chi connectivity index (χ1) is 11.5. The normalized spacial score (nSPS) is 11.4. The largest absolute Gasteiger partial charge is 0.357 e. The summed E-state index contributed by atoms with van der Waals surface area (Å²) < 4.78 is 0. The van der Waals surface area contributed by atoms with Crippen LogP contribution in [0.5, 0.6) is 0 Å². The van der Waals surface area contributed by atoms with Crippen LogP contribution in [-0.2, 0) is 13.1 Å². The van der Waals surface area contributed by atoms with Crippen LogP contribution < -0.4 is 10.6 Å². The summed E-state index contributed by atoms with van der Waals surface area (Å²) in [5.41, 5.74) is 1.71. The van der Waals surface area contributed by atoms with Crippen LogP contribution in [0, 0.1) is 24.0 Å². The van der Waals surface area contributed by atoms with E-state index in [2.05, 4.69) is 20.6 Å². The number of aryl methyl sites for hydroxylation is 2. The van der Waals surface area contributed by atoms with Crippen molar-refractivity contribution in [2.75, 3.05) is 6.54 Å². The molecule has 0 bridgehead atoms. The molecule has 8 heteroatoms. The van der Waals surface area contributed by atoms with Crippen molar-refractivity contribution in [2.24, 2.45) is 4.99 Å². The maximum absolute atomic E-state index is 11.1. The molecule has 0 radical (unpaired) electrons. The van der Waals surface area contributed by atoms with Gasteiger partial charge in [-0.1, -0.05) is 18.2 Å². The second-order valence-corrected chi connectivity index (χ2v) is 6.47. The zero-order chi connectivity index (χ0) is 17.5. The molecule has 1 aromatic heterocycles. The Morgan fingerprint density at radius 1 is 1.33 bits per heavy atom. The fraction of sp³-hybridized carbons (Fsp3) is 0.375. The Bertz CT molecular complexity index is 722. The highest BCUT2D eigenvalue weighted by atomic mass is 32.1. The highest BCUT2D eigenvalue weighted by Gasteiger charge is 2.12. The lowest BCUT2D eigenvalue weighted by Crippen LogP contribution is -2.36. The molecule has 128 valence electrons. The van der Waals surface area contributed by atoms with Crippen molar-refractivity contribution in [1.82, 2.24) is 15.6 Å². The molecule has 24 heavy (non-hydrogen) atoms. The quantitative estimate of drug-likeness (QED) is 0.363. The molecule has 2 rings (SSSR count). The molecule has 0 amide bonds. The third kappa shape index (κ3) is 4.76. The highest BCUT2D eigenvalue weighted by Crippen LogP contribution is 2.18. The Morgan fingerprint density at radius 2 is 2.08 bits per heavy atom. The molecule has 0 saturated carbocycles. The minimum Gasteiger partial charge on any atom is -0.357 e. The number of hydrogen-bond donors (Lipinski definition) is 2. The molecule has 0 unspecified atom stereocenters. The zero-order valence-electron chi connectivity index (χ0n) is 14.0. The van der Waals surface area contributed by atoms with Crippen molar-refractivity contribution in [2.45, 2.75) is 33.9 Å². The van der Waals surface area contributed by atoms with Crippen LogP contribution in [0.3, 0.4) is 0 Å². The van der Waals surface area contributed by atoms with Gasteiger partial charge in [-0.3, -0.25) is 10.1 Å². The summed E-state index contributed by atoms with van der Waals surface area (Å²) in [6, 6.07) is 6.65. The average molecular weight is 347 g/mol. The summed E-state index contributed by atoms with van der Waals surface area (Å²) in [6.45, 7) is 7.52.